The Kier molecular flexibility index (Phi) is 5.84. The summed E-state index contributed by atoms with van der Waals surface area (Å²) in [6.45, 7) is -0.198. The summed E-state index contributed by atoms with van der Waals surface area (Å²) >= 11 is 0. The fourth-order valence-electron chi connectivity index (χ4n) is 2.75. The summed E-state index contributed by atoms with van der Waals surface area (Å²) in [5.41, 5.74) is 1.66. The number of rotatable bonds is 7. The third-order valence-corrected chi connectivity index (χ3v) is 4.08. The van der Waals surface area contributed by atoms with Crippen LogP contribution in [-0.2, 0) is 12.8 Å². The highest BCUT2D eigenvalue weighted by Gasteiger charge is 2.21. The maximum absolute atomic E-state index is 9.67. The van der Waals surface area contributed by atoms with Gasteiger partial charge in [-0.1, -0.05) is 18.2 Å². The van der Waals surface area contributed by atoms with Gasteiger partial charge in [0, 0.05) is 13.2 Å². The summed E-state index contributed by atoms with van der Waals surface area (Å²) < 4.78 is 0. The molecule has 124 valence electrons. The van der Waals surface area contributed by atoms with Crippen molar-refractivity contribution in [1.82, 2.24) is 0 Å². The molecule has 0 unspecified atom stereocenters. The molecule has 2 atom stereocenters. The van der Waals surface area contributed by atoms with Crippen molar-refractivity contribution in [3.8, 4) is 17.2 Å². The van der Waals surface area contributed by atoms with E-state index in [0.29, 0.717) is 12.8 Å². The first-order valence-corrected chi connectivity index (χ1v) is 7.54. The molecule has 0 heterocycles. The lowest BCUT2D eigenvalue weighted by Crippen LogP contribution is -2.26. The van der Waals surface area contributed by atoms with Crippen LogP contribution in [0.4, 0.5) is 0 Å². The van der Waals surface area contributed by atoms with E-state index in [4.69, 9.17) is 0 Å². The zero-order valence-electron chi connectivity index (χ0n) is 12.8. The maximum Gasteiger partial charge on any atom is 0.157 e. The molecule has 0 spiro atoms. The second-order valence-electron chi connectivity index (χ2n) is 5.79. The van der Waals surface area contributed by atoms with Gasteiger partial charge < -0.3 is 25.5 Å². The van der Waals surface area contributed by atoms with Gasteiger partial charge in [0.1, 0.15) is 5.75 Å². The number of phenolic OH excluding ortho intramolecular Hbond substituents is 3. The molecule has 0 aliphatic carbocycles. The first-order valence-electron chi connectivity index (χ1n) is 7.54. The second-order valence-corrected chi connectivity index (χ2v) is 5.79. The topological polar surface area (TPSA) is 101 Å². The molecular weight excluding hydrogens is 296 g/mol. The van der Waals surface area contributed by atoms with E-state index in [1.807, 2.05) is 6.07 Å². The van der Waals surface area contributed by atoms with E-state index in [0.717, 1.165) is 11.1 Å². The van der Waals surface area contributed by atoms with Crippen LogP contribution in [0.2, 0.25) is 0 Å². The van der Waals surface area contributed by atoms with Crippen molar-refractivity contribution in [2.75, 3.05) is 13.2 Å². The van der Waals surface area contributed by atoms with Crippen LogP contribution in [0.15, 0.2) is 42.5 Å². The SMILES string of the molecule is OC[C@H](Cc1cccc(O)c1)[C@H](CO)Cc1ccc(O)c(O)c1. The minimum absolute atomic E-state index is 0.0923. The highest BCUT2D eigenvalue weighted by atomic mass is 16.3. The van der Waals surface area contributed by atoms with Crippen LogP contribution in [-0.4, -0.2) is 38.7 Å². The summed E-state index contributed by atoms with van der Waals surface area (Å²) in [5.74, 6) is -0.604. The van der Waals surface area contributed by atoms with Gasteiger partial charge in [0.2, 0.25) is 0 Å². The van der Waals surface area contributed by atoms with Crippen molar-refractivity contribution in [2.45, 2.75) is 12.8 Å². The molecule has 2 aromatic rings. The molecule has 0 aliphatic rings. The standard InChI is InChI=1S/C18H22O5/c19-10-14(6-12-2-1-3-16(21)8-12)15(11-20)7-13-4-5-17(22)18(23)9-13/h1-5,8-9,14-15,19-23H,6-7,10-11H2/t14-,15-/m0/s1. The Morgan fingerprint density at radius 1 is 0.696 bits per heavy atom. The van der Waals surface area contributed by atoms with Gasteiger partial charge in [-0.25, -0.2) is 0 Å². The first-order chi connectivity index (χ1) is 11.0. The lowest BCUT2D eigenvalue weighted by Gasteiger charge is -2.24. The van der Waals surface area contributed by atoms with Gasteiger partial charge in [0.25, 0.3) is 0 Å². The van der Waals surface area contributed by atoms with Crippen LogP contribution in [0, 0.1) is 11.8 Å². The van der Waals surface area contributed by atoms with E-state index in [2.05, 4.69) is 0 Å². The van der Waals surface area contributed by atoms with Crippen molar-refractivity contribution in [2.24, 2.45) is 11.8 Å². The van der Waals surface area contributed by atoms with Crippen molar-refractivity contribution in [1.29, 1.82) is 0 Å². The third-order valence-electron chi connectivity index (χ3n) is 4.08. The van der Waals surface area contributed by atoms with E-state index in [9.17, 15) is 25.5 Å². The predicted octanol–water partition coefficient (Wildman–Crippen LogP) is 1.81. The van der Waals surface area contributed by atoms with E-state index in [1.165, 1.54) is 12.1 Å². The number of aliphatic hydroxyl groups is 2. The minimum Gasteiger partial charge on any atom is -0.508 e. The number of hydrogen-bond acceptors (Lipinski definition) is 5. The highest BCUT2D eigenvalue weighted by molar-refractivity contribution is 5.40. The Hall–Kier alpha value is -2.24. The Morgan fingerprint density at radius 3 is 1.83 bits per heavy atom. The number of benzene rings is 2. The van der Waals surface area contributed by atoms with Gasteiger partial charge in [-0.15, -0.1) is 0 Å². The van der Waals surface area contributed by atoms with E-state index >= 15 is 0 Å². The molecule has 2 rings (SSSR count). The largest absolute Gasteiger partial charge is 0.508 e. The molecule has 0 amide bonds. The molecule has 23 heavy (non-hydrogen) atoms. The quantitative estimate of drug-likeness (QED) is 0.501. The van der Waals surface area contributed by atoms with Gasteiger partial charge in [-0.3, -0.25) is 0 Å². The summed E-state index contributed by atoms with van der Waals surface area (Å²) in [5, 5.41) is 47.8. The molecule has 0 bridgehead atoms. The lowest BCUT2D eigenvalue weighted by atomic mass is 9.83. The van der Waals surface area contributed by atoms with Crippen LogP contribution >= 0.6 is 0 Å². The van der Waals surface area contributed by atoms with Crippen LogP contribution in [0.25, 0.3) is 0 Å². The molecule has 5 nitrogen and oxygen atoms in total. The Balaban J connectivity index is 2.11. The molecule has 2 aromatic carbocycles. The van der Waals surface area contributed by atoms with Gasteiger partial charge in [-0.05, 0) is 60.1 Å². The average molecular weight is 318 g/mol. The third kappa shape index (κ3) is 4.61. The van der Waals surface area contributed by atoms with Crippen LogP contribution in [0.1, 0.15) is 11.1 Å². The number of aliphatic hydroxyl groups excluding tert-OH is 2. The molecule has 0 aliphatic heterocycles. The van der Waals surface area contributed by atoms with E-state index in [-0.39, 0.29) is 42.3 Å². The number of hydrogen-bond donors (Lipinski definition) is 5. The monoisotopic (exact) mass is 318 g/mol. The fraction of sp³-hybridized carbons (Fsp3) is 0.333. The van der Waals surface area contributed by atoms with Gasteiger partial charge in [0.05, 0.1) is 0 Å². The summed E-state index contributed by atoms with van der Waals surface area (Å²) in [7, 11) is 0. The average Bonchev–Trinajstić information content (AvgIpc) is 2.54. The normalized spacial score (nSPS) is 13.7. The minimum atomic E-state index is -0.203. The summed E-state index contributed by atoms with van der Waals surface area (Å²) in [6, 6.07) is 11.4. The van der Waals surface area contributed by atoms with Gasteiger partial charge in [0.15, 0.2) is 11.5 Å². The molecule has 0 saturated heterocycles. The van der Waals surface area contributed by atoms with Crippen molar-refractivity contribution >= 4 is 0 Å². The van der Waals surface area contributed by atoms with E-state index < -0.39 is 0 Å². The number of phenols is 3. The van der Waals surface area contributed by atoms with Crippen molar-refractivity contribution in [3.63, 3.8) is 0 Å². The number of aromatic hydroxyl groups is 3. The molecule has 0 fully saturated rings. The first kappa shape index (κ1) is 17.1. The zero-order chi connectivity index (χ0) is 16.8. The molecule has 0 saturated carbocycles. The summed E-state index contributed by atoms with van der Waals surface area (Å²) in [6.07, 6.45) is 0.995. The smallest absolute Gasteiger partial charge is 0.157 e. The predicted molar refractivity (Wildman–Crippen MR) is 86.4 cm³/mol. The fourth-order valence-corrected chi connectivity index (χ4v) is 2.75. The van der Waals surface area contributed by atoms with Crippen molar-refractivity contribution < 1.29 is 25.5 Å². The molecule has 5 N–H and O–H groups in total. The molecule has 0 aromatic heterocycles. The Morgan fingerprint density at radius 2 is 1.30 bits per heavy atom. The highest BCUT2D eigenvalue weighted by Crippen LogP contribution is 2.28. The van der Waals surface area contributed by atoms with Crippen molar-refractivity contribution in [3.05, 3.63) is 53.6 Å². The van der Waals surface area contributed by atoms with Gasteiger partial charge in [-0.2, -0.15) is 0 Å². The summed E-state index contributed by atoms with van der Waals surface area (Å²) in [4.78, 5) is 0. The molecule has 5 heteroatoms. The molecule has 0 radical (unpaired) electrons. The lowest BCUT2D eigenvalue weighted by molar-refractivity contribution is 0.119. The van der Waals surface area contributed by atoms with Crippen LogP contribution < -0.4 is 0 Å². The van der Waals surface area contributed by atoms with Gasteiger partial charge >= 0.3 is 0 Å². The zero-order valence-corrected chi connectivity index (χ0v) is 12.8. The van der Waals surface area contributed by atoms with Crippen LogP contribution in [0.5, 0.6) is 17.2 Å². The van der Waals surface area contributed by atoms with Crippen LogP contribution in [0.3, 0.4) is 0 Å². The van der Waals surface area contributed by atoms with E-state index in [1.54, 1.807) is 24.3 Å². The molecular formula is C18H22O5. The maximum atomic E-state index is 9.67. The second kappa shape index (κ2) is 7.85. The Labute approximate surface area is 135 Å². The Bertz CT molecular complexity index is 641.